The quantitative estimate of drug-likeness (QED) is 0.788. The number of rotatable bonds is 7. The Morgan fingerprint density at radius 3 is 2.35 bits per heavy atom. The summed E-state index contributed by atoms with van der Waals surface area (Å²) in [6, 6.07) is 4.33. The van der Waals surface area contributed by atoms with Crippen LogP contribution in [0, 0.1) is 18.8 Å². The molecule has 0 radical (unpaired) electrons. The van der Waals surface area contributed by atoms with Gasteiger partial charge in [-0.05, 0) is 37.0 Å². The van der Waals surface area contributed by atoms with E-state index in [0.717, 1.165) is 6.26 Å². The highest BCUT2D eigenvalue weighted by Gasteiger charge is 2.21. The summed E-state index contributed by atoms with van der Waals surface area (Å²) < 4.78 is 23.2. The van der Waals surface area contributed by atoms with Crippen LogP contribution in [-0.4, -0.2) is 38.2 Å². The lowest BCUT2D eigenvalue weighted by molar-refractivity contribution is -0.142. The molecule has 1 rings (SSSR count). The minimum Gasteiger partial charge on any atom is -0.481 e. The third kappa shape index (κ3) is 5.67. The Kier molecular flexibility index (Phi) is 6.32. The van der Waals surface area contributed by atoms with Crippen molar-refractivity contribution in [3.8, 4) is 0 Å². The lowest BCUT2D eigenvalue weighted by Crippen LogP contribution is -2.34. The molecule has 0 saturated heterocycles. The molecule has 0 aliphatic heterocycles. The molecule has 7 heteroatoms. The van der Waals surface area contributed by atoms with Crippen molar-refractivity contribution in [3.63, 3.8) is 0 Å². The summed E-state index contributed by atoms with van der Waals surface area (Å²) in [5.74, 6) is -1.90. The molecule has 1 amide bonds. The molecule has 23 heavy (non-hydrogen) atoms. The molecule has 0 aliphatic carbocycles. The van der Waals surface area contributed by atoms with Crippen LogP contribution >= 0.6 is 0 Å². The fraction of sp³-hybridized carbons (Fsp3) is 0.500. The molecule has 0 bridgehead atoms. The van der Waals surface area contributed by atoms with E-state index in [0.29, 0.717) is 12.0 Å². The van der Waals surface area contributed by atoms with Crippen LogP contribution in [0.5, 0.6) is 0 Å². The topological polar surface area (TPSA) is 101 Å². The van der Waals surface area contributed by atoms with Gasteiger partial charge in [-0.15, -0.1) is 0 Å². The van der Waals surface area contributed by atoms with Gasteiger partial charge in [0.25, 0.3) is 5.91 Å². The van der Waals surface area contributed by atoms with Crippen LogP contribution in [0.15, 0.2) is 23.1 Å². The van der Waals surface area contributed by atoms with Crippen LogP contribution in [0.25, 0.3) is 0 Å². The number of amides is 1. The van der Waals surface area contributed by atoms with E-state index in [1.807, 2.05) is 13.8 Å². The molecule has 0 aliphatic rings. The molecule has 2 N–H and O–H groups in total. The first kappa shape index (κ1) is 19.2. The molecule has 0 aromatic heterocycles. The average molecular weight is 341 g/mol. The Morgan fingerprint density at radius 1 is 1.26 bits per heavy atom. The van der Waals surface area contributed by atoms with Crippen LogP contribution in [-0.2, 0) is 14.6 Å². The number of aliphatic carboxylic acids is 1. The maximum atomic E-state index is 12.3. The Labute approximate surface area is 136 Å². The summed E-state index contributed by atoms with van der Waals surface area (Å²) in [5, 5.41) is 11.8. The molecule has 0 heterocycles. The zero-order chi connectivity index (χ0) is 17.8. The van der Waals surface area contributed by atoms with Gasteiger partial charge in [0.05, 0.1) is 10.8 Å². The molecule has 128 valence electrons. The number of carboxylic acids is 1. The fourth-order valence-electron chi connectivity index (χ4n) is 2.23. The van der Waals surface area contributed by atoms with Gasteiger partial charge < -0.3 is 10.4 Å². The first-order valence-corrected chi connectivity index (χ1v) is 9.23. The molecular formula is C16H23NO5S. The first-order valence-electron chi connectivity index (χ1n) is 7.34. The largest absolute Gasteiger partial charge is 0.481 e. The highest BCUT2D eigenvalue weighted by atomic mass is 32.2. The zero-order valence-electron chi connectivity index (χ0n) is 13.8. The average Bonchev–Trinajstić information content (AvgIpc) is 2.41. The molecule has 0 fully saturated rings. The van der Waals surface area contributed by atoms with Gasteiger partial charge in [-0.2, -0.15) is 0 Å². The highest BCUT2D eigenvalue weighted by molar-refractivity contribution is 7.90. The lowest BCUT2D eigenvalue weighted by atomic mass is 9.97. The molecule has 1 atom stereocenters. The second-order valence-electron chi connectivity index (χ2n) is 6.12. The Morgan fingerprint density at radius 2 is 1.87 bits per heavy atom. The van der Waals surface area contributed by atoms with Gasteiger partial charge in [-0.1, -0.05) is 19.9 Å². The summed E-state index contributed by atoms with van der Waals surface area (Å²) >= 11 is 0. The van der Waals surface area contributed by atoms with Crippen molar-refractivity contribution in [3.05, 3.63) is 29.3 Å². The van der Waals surface area contributed by atoms with Crippen LogP contribution in [0.2, 0.25) is 0 Å². The van der Waals surface area contributed by atoms with Crippen LogP contribution in [0.3, 0.4) is 0 Å². The standard InChI is InChI=1S/C16H23NO5S/c1-10(2)7-12(16(19)20)9-17-15(18)14-8-13(23(4,21)22)6-5-11(14)3/h5-6,8,10,12H,7,9H2,1-4H3,(H,17,18)(H,19,20). The van der Waals surface area contributed by atoms with Crippen molar-refractivity contribution in [2.75, 3.05) is 12.8 Å². The van der Waals surface area contributed by atoms with E-state index in [2.05, 4.69) is 5.32 Å². The van der Waals surface area contributed by atoms with Crippen molar-refractivity contribution in [1.82, 2.24) is 5.32 Å². The molecule has 0 saturated carbocycles. The molecule has 1 aromatic rings. The molecule has 0 spiro atoms. The van der Waals surface area contributed by atoms with Crippen LogP contribution in [0.4, 0.5) is 0 Å². The number of sulfone groups is 1. The van der Waals surface area contributed by atoms with Gasteiger partial charge in [0.1, 0.15) is 0 Å². The van der Waals surface area contributed by atoms with E-state index in [9.17, 15) is 23.1 Å². The van der Waals surface area contributed by atoms with E-state index in [1.165, 1.54) is 12.1 Å². The number of benzene rings is 1. The van der Waals surface area contributed by atoms with E-state index >= 15 is 0 Å². The minimum atomic E-state index is -3.41. The van der Waals surface area contributed by atoms with Crippen LogP contribution < -0.4 is 5.32 Å². The summed E-state index contributed by atoms with van der Waals surface area (Å²) in [6.07, 6.45) is 1.53. The van der Waals surface area contributed by atoms with Gasteiger partial charge in [-0.3, -0.25) is 9.59 Å². The lowest BCUT2D eigenvalue weighted by Gasteiger charge is -2.16. The van der Waals surface area contributed by atoms with Crippen molar-refractivity contribution in [2.24, 2.45) is 11.8 Å². The van der Waals surface area contributed by atoms with Crippen molar-refractivity contribution >= 4 is 21.7 Å². The SMILES string of the molecule is Cc1ccc(S(C)(=O)=O)cc1C(=O)NCC(CC(C)C)C(=O)O. The number of carbonyl (C=O) groups is 2. The zero-order valence-corrected chi connectivity index (χ0v) is 14.6. The maximum Gasteiger partial charge on any atom is 0.308 e. The van der Waals surface area contributed by atoms with E-state index < -0.39 is 27.6 Å². The summed E-state index contributed by atoms with van der Waals surface area (Å²) in [6.45, 7) is 5.54. The molecule has 6 nitrogen and oxygen atoms in total. The molecule has 1 aromatic carbocycles. The smallest absolute Gasteiger partial charge is 0.308 e. The van der Waals surface area contributed by atoms with Crippen molar-refractivity contribution in [1.29, 1.82) is 0 Å². The number of hydrogen-bond donors (Lipinski definition) is 2. The van der Waals surface area contributed by atoms with E-state index in [-0.39, 0.29) is 22.9 Å². The molecule has 1 unspecified atom stereocenters. The van der Waals surface area contributed by atoms with Gasteiger partial charge >= 0.3 is 5.97 Å². The monoisotopic (exact) mass is 341 g/mol. The predicted molar refractivity (Wildman–Crippen MR) is 87.2 cm³/mol. The van der Waals surface area contributed by atoms with E-state index in [1.54, 1.807) is 13.0 Å². The Balaban J connectivity index is 2.91. The van der Waals surface area contributed by atoms with E-state index in [4.69, 9.17) is 0 Å². The minimum absolute atomic E-state index is 0.00882. The second kappa shape index (κ2) is 7.59. The van der Waals surface area contributed by atoms with Gasteiger partial charge in [-0.25, -0.2) is 8.42 Å². The van der Waals surface area contributed by atoms with Crippen LogP contribution in [0.1, 0.15) is 36.2 Å². The van der Waals surface area contributed by atoms with Crippen molar-refractivity contribution in [2.45, 2.75) is 32.1 Å². The number of nitrogens with one attached hydrogen (secondary N) is 1. The number of aryl methyl sites for hydroxylation is 1. The van der Waals surface area contributed by atoms with Crippen molar-refractivity contribution < 1.29 is 23.1 Å². The second-order valence-corrected chi connectivity index (χ2v) is 8.14. The third-order valence-electron chi connectivity index (χ3n) is 3.50. The van der Waals surface area contributed by atoms with Gasteiger partial charge in [0.2, 0.25) is 0 Å². The maximum absolute atomic E-state index is 12.3. The van der Waals surface area contributed by atoms with Gasteiger partial charge in [0.15, 0.2) is 9.84 Å². The molecular weight excluding hydrogens is 318 g/mol. The first-order chi connectivity index (χ1) is 10.5. The predicted octanol–water partition coefficient (Wildman–Crippen LogP) is 1.88. The summed E-state index contributed by atoms with van der Waals surface area (Å²) in [7, 11) is -3.41. The summed E-state index contributed by atoms with van der Waals surface area (Å²) in [4.78, 5) is 23.5. The Hall–Kier alpha value is -1.89. The number of carbonyl (C=O) groups excluding carboxylic acids is 1. The number of hydrogen-bond acceptors (Lipinski definition) is 4. The Bertz CT molecular complexity index is 694. The van der Waals surface area contributed by atoms with Gasteiger partial charge in [0, 0.05) is 18.4 Å². The normalized spacial score (nSPS) is 12.9. The highest BCUT2D eigenvalue weighted by Crippen LogP contribution is 2.16. The summed E-state index contributed by atoms with van der Waals surface area (Å²) in [5.41, 5.74) is 0.868. The number of carboxylic acid groups (broad SMARTS) is 1. The fourth-order valence-corrected chi connectivity index (χ4v) is 2.88. The third-order valence-corrected chi connectivity index (χ3v) is 4.61.